The number of aliphatic imine (C=N–C) groups is 1. The summed E-state index contributed by atoms with van der Waals surface area (Å²) in [4.78, 5) is 19.3. The van der Waals surface area contributed by atoms with E-state index in [1.807, 2.05) is 0 Å². The Bertz CT molecular complexity index is 618. The SMILES string of the molecule is CCNC(=NCCCCN1CCN(C)CC1)N1CCN(c2nc(CC)ns2)CC1. The molecule has 2 aliphatic heterocycles. The third-order valence-corrected chi connectivity index (χ3v) is 6.51. The smallest absolute Gasteiger partial charge is 0.205 e. The van der Waals surface area contributed by atoms with E-state index in [9.17, 15) is 0 Å². The van der Waals surface area contributed by atoms with Gasteiger partial charge in [0.25, 0.3) is 0 Å². The van der Waals surface area contributed by atoms with E-state index in [0.717, 1.165) is 69.0 Å². The Kier molecular flexibility index (Phi) is 8.94. The van der Waals surface area contributed by atoms with Crippen LogP contribution < -0.4 is 10.2 Å². The zero-order valence-electron chi connectivity index (χ0n) is 18.4. The molecule has 2 aliphatic rings. The summed E-state index contributed by atoms with van der Waals surface area (Å²) in [7, 11) is 2.21. The van der Waals surface area contributed by atoms with E-state index >= 15 is 0 Å². The first kappa shape index (κ1) is 22.2. The van der Waals surface area contributed by atoms with E-state index in [0.29, 0.717) is 0 Å². The Labute approximate surface area is 180 Å². The van der Waals surface area contributed by atoms with Gasteiger partial charge in [-0.05, 0) is 33.4 Å². The van der Waals surface area contributed by atoms with Crippen molar-refractivity contribution in [2.45, 2.75) is 33.1 Å². The van der Waals surface area contributed by atoms with E-state index in [4.69, 9.17) is 4.99 Å². The highest BCUT2D eigenvalue weighted by molar-refractivity contribution is 7.09. The van der Waals surface area contributed by atoms with Crippen molar-refractivity contribution >= 4 is 22.6 Å². The van der Waals surface area contributed by atoms with Crippen molar-refractivity contribution in [1.82, 2.24) is 29.4 Å². The molecular weight excluding hydrogens is 384 g/mol. The van der Waals surface area contributed by atoms with E-state index < -0.39 is 0 Å². The summed E-state index contributed by atoms with van der Waals surface area (Å²) in [6.45, 7) is 16.0. The molecule has 1 N–H and O–H groups in total. The van der Waals surface area contributed by atoms with Gasteiger partial charge in [-0.2, -0.15) is 4.37 Å². The summed E-state index contributed by atoms with van der Waals surface area (Å²) >= 11 is 1.53. The maximum Gasteiger partial charge on any atom is 0.205 e. The van der Waals surface area contributed by atoms with Crippen LogP contribution in [0.2, 0.25) is 0 Å². The summed E-state index contributed by atoms with van der Waals surface area (Å²) in [5, 5.41) is 4.54. The molecule has 9 heteroatoms. The summed E-state index contributed by atoms with van der Waals surface area (Å²) in [6, 6.07) is 0. The van der Waals surface area contributed by atoms with Crippen LogP contribution >= 0.6 is 11.5 Å². The molecule has 0 radical (unpaired) electrons. The number of aryl methyl sites for hydroxylation is 1. The Balaban J connectivity index is 1.39. The second-order valence-electron chi connectivity index (χ2n) is 7.91. The molecule has 2 fully saturated rings. The van der Waals surface area contributed by atoms with Crippen molar-refractivity contribution in [2.75, 3.05) is 83.9 Å². The highest BCUT2D eigenvalue weighted by atomic mass is 32.1. The number of nitrogens with one attached hydrogen (secondary N) is 1. The first-order chi connectivity index (χ1) is 14.2. The first-order valence-electron chi connectivity index (χ1n) is 11.2. The van der Waals surface area contributed by atoms with Crippen LogP contribution in [0.25, 0.3) is 0 Å². The Hall–Kier alpha value is -1.45. The second kappa shape index (κ2) is 11.7. The number of hydrogen-bond acceptors (Lipinski definition) is 7. The van der Waals surface area contributed by atoms with E-state index in [-0.39, 0.29) is 0 Å². The monoisotopic (exact) mass is 422 g/mol. The third-order valence-electron chi connectivity index (χ3n) is 5.70. The van der Waals surface area contributed by atoms with E-state index in [2.05, 4.69) is 55.2 Å². The molecule has 0 aliphatic carbocycles. The Morgan fingerprint density at radius 1 is 1.03 bits per heavy atom. The largest absolute Gasteiger partial charge is 0.357 e. The molecule has 0 spiro atoms. The van der Waals surface area contributed by atoms with Gasteiger partial charge >= 0.3 is 0 Å². The predicted octanol–water partition coefficient (Wildman–Crippen LogP) is 1.22. The number of unbranched alkanes of at least 4 members (excludes halogenated alkanes) is 1. The Morgan fingerprint density at radius 2 is 1.79 bits per heavy atom. The fourth-order valence-corrected chi connectivity index (χ4v) is 4.56. The van der Waals surface area contributed by atoms with Gasteiger partial charge in [-0.1, -0.05) is 6.92 Å². The van der Waals surface area contributed by atoms with E-state index in [1.165, 1.54) is 50.7 Å². The maximum atomic E-state index is 4.91. The minimum atomic E-state index is 0.905. The number of hydrogen-bond donors (Lipinski definition) is 1. The highest BCUT2D eigenvalue weighted by Crippen LogP contribution is 2.19. The molecule has 164 valence electrons. The minimum Gasteiger partial charge on any atom is -0.357 e. The number of guanidine groups is 1. The molecule has 0 bridgehead atoms. The number of nitrogens with zero attached hydrogens (tertiary/aromatic N) is 7. The lowest BCUT2D eigenvalue weighted by atomic mass is 10.2. The number of piperazine rings is 2. The maximum absolute atomic E-state index is 4.91. The molecule has 0 amide bonds. The second-order valence-corrected chi connectivity index (χ2v) is 8.64. The van der Waals surface area contributed by atoms with Crippen molar-refractivity contribution in [2.24, 2.45) is 4.99 Å². The third kappa shape index (κ3) is 6.79. The fourth-order valence-electron chi connectivity index (χ4n) is 3.76. The molecule has 1 aromatic heterocycles. The molecule has 1 aromatic rings. The minimum absolute atomic E-state index is 0.905. The topological polar surface area (TPSA) is 63.1 Å². The van der Waals surface area contributed by atoms with Crippen LogP contribution in [-0.4, -0.2) is 109 Å². The number of anilines is 1. The lowest BCUT2D eigenvalue weighted by Gasteiger charge is -2.36. The van der Waals surface area contributed by atoms with Gasteiger partial charge in [-0.3, -0.25) is 4.99 Å². The van der Waals surface area contributed by atoms with Crippen molar-refractivity contribution < 1.29 is 0 Å². The van der Waals surface area contributed by atoms with Crippen LogP contribution in [0.5, 0.6) is 0 Å². The lowest BCUT2D eigenvalue weighted by molar-refractivity contribution is 0.152. The molecule has 3 rings (SSSR count). The van der Waals surface area contributed by atoms with Gasteiger partial charge in [-0.25, -0.2) is 4.98 Å². The molecule has 0 aromatic carbocycles. The van der Waals surface area contributed by atoms with Crippen LogP contribution in [0.4, 0.5) is 5.13 Å². The number of likely N-dealkylation sites (N-methyl/N-ethyl adjacent to an activating group) is 1. The molecule has 0 unspecified atom stereocenters. The number of aromatic nitrogens is 2. The fraction of sp³-hybridized carbons (Fsp3) is 0.850. The molecule has 0 saturated carbocycles. The normalized spacial score (nSPS) is 19.8. The first-order valence-corrected chi connectivity index (χ1v) is 12.0. The van der Waals surface area contributed by atoms with Gasteiger partial charge < -0.3 is 24.9 Å². The number of rotatable bonds is 8. The van der Waals surface area contributed by atoms with Gasteiger partial charge in [-0.15, -0.1) is 0 Å². The quantitative estimate of drug-likeness (QED) is 0.384. The zero-order chi connectivity index (χ0) is 20.5. The molecule has 2 saturated heterocycles. The van der Waals surface area contributed by atoms with Gasteiger partial charge in [0.15, 0.2) is 5.96 Å². The summed E-state index contributed by atoms with van der Waals surface area (Å²) < 4.78 is 4.42. The lowest BCUT2D eigenvalue weighted by Crippen LogP contribution is -2.52. The molecule has 29 heavy (non-hydrogen) atoms. The van der Waals surface area contributed by atoms with Crippen molar-refractivity contribution in [3.05, 3.63) is 5.82 Å². The van der Waals surface area contributed by atoms with Crippen LogP contribution in [-0.2, 0) is 6.42 Å². The average molecular weight is 423 g/mol. The van der Waals surface area contributed by atoms with Gasteiger partial charge in [0.2, 0.25) is 5.13 Å². The average Bonchev–Trinajstić information content (AvgIpc) is 3.23. The molecule has 8 nitrogen and oxygen atoms in total. The van der Waals surface area contributed by atoms with Crippen LogP contribution in [0.3, 0.4) is 0 Å². The van der Waals surface area contributed by atoms with E-state index in [1.54, 1.807) is 0 Å². The van der Waals surface area contributed by atoms with Gasteiger partial charge in [0.05, 0.1) is 0 Å². The summed E-state index contributed by atoms with van der Waals surface area (Å²) in [5.74, 6) is 2.03. The highest BCUT2D eigenvalue weighted by Gasteiger charge is 2.22. The van der Waals surface area contributed by atoms with Crippen molar-refractivity contribution in [3.63, 3.8) is 0 Å². The van der Waals surface area contributed by atoms with Crippen LogP contribution in [0, 0.1) is 0 Å². The van der Waals surface area contributed by atoms with Gasteiger partial charge in [0.1, 0.15) is 5.82 Å². The standard InChI is InChI=1S/C20H38N8S/c1-4-18-23-20(29-24-18)28-16-14-27(15-17-28)19(21-5-2)22-8-6-7-9-26-12-10-25(3)11-13-26/h4-17H2,1-3H3,(H,21,22). The Morgan fingerprint density at radius 3 is 2.45 bits per heavy atom. The summed E-state index contributed by atoms with van der Waals surface area (Å²) in [5.41, 5.74) is 0. The van der Waals surface area contributed by atoms with Gasteiger partial charge in [0, 0.05) is 83.4 Å². The van der Waals surface area contributed by atoms with Crippen molar-refractivity contribution in [3.8, 4) is 0 Å². The zero-order valence-corrected chi connectivity index (χ0v) is 19.3. The predicted molar refractivity (Wildman–Crippen MR) is 122 cm³/mol. The molecular formula is C20H38N8S. The summed E-state index contributed by atoms with van der Waals surface area (Å²) in [6.07, 6.45) is 3.30. The van der Waals surface area contributed by atoms with Crippen LogP contribution in [0.15, 0.2) is 4.99 Å². The molecule has 3 heterocycles. The van der Waals surface area contributed by atoms with Crippen LogP contribution in [0.1, 0.15) is 32.5 Å². The molecule has 0 atom stereocenters. The van der Waals surface area contributed by atoms with Crippen molar-refractivity contribution in [1.29, 1.82) is 0 Å².